The van der Waals surface area contributed by atoms with Gasteiger partial charge in [-0.3, -0.25) is 4.98 Å². The first-order valence-electron chi connectivity index (χ1n) is 7.10. The van der Waals surface area contributed by atoms with E-state index in [1.165, 1.54) is 0 Å². The predicted molar refractivity (Wildman–Crippen MR) is 92.0 cm³/mol. The molecule has 0 bridgehead atoms. The zero-order chi connectivity index (χ0) is 14.9. The average Bonchev–Trinajstić information content (AvgIpc) is 2.97. The van der Waals surface area contributed by atoms with Crippen molar-refractivity contribution in [2.45, 2.75) is 0 Å². The summed E-state index contributed by atoms with van der Waals surface area (Å²) in [4.78, 5) is 7.73. The third kappa shape index (κ3) is 2.09. The molecule has 0 unspecified atom stereocenters. The average molecular weight is 305 g/mol. The molecule has 0 aliphatic heterocycles. The summed E-state index contributed by atoms with van der Waals surface area (Å²) in [5.74, 6) is 0. The zero-order valence-corrected chi connectivity index (χ0v) is 12.5. The second-order valence-corrected chi connectivity index (χ2v) is 5.56. The molecule has 0 amide bonds. The van der Waals surface area contributed by atoms with Gasteiger partial charge in [-0.25, -0.2) is 0 Å². The first-order valence-corrected chi connectivity index (χ1v) is 7.48. The molecule has 22 heavy (non-hydrogen) atoms. The van der Waals surface area contributed by atoms with Crippen molar-refractivity contribution in [2.75, 3.05) is 0 Å². The lowest BCUT2D eigenvalue weighted by atomic mass is 9.99. The second kappa shape index (κ2) is 5.32. The van der Waals surface area contributed by atoms with Gasteiger partial charge in [0.2, 0.25) is 0 Å². The summed E-state index contributed by atoms with van der Waals surface area (Å²) >= 11 is 6.32. The molecule has 2 heterocycles. The number of rotatable bonds is 2. The van der Waals surface area contributed by atoms with Gasteiger partial charge in [0.05, 0.1) is 16.2 Å². The van der Waals surface area contributed by atoms with Crippen molar-refractivity contribution in [3.63, 3.8) is 0 Å². The van der Waals surface area contributed by atoms with Gasteiger partial charge >= 0.3 is 0 Å². The van der Waals surface area contributed by atoms with Crippen molar-refractivity contribution < 1.29 is 0 Å². The van der Waals surface area contributed by atoms with Gasteiger partial charge in [0.15, 0.2) is 0 Å². The Morgan fingerprint density at radius 1 is 0.773 bits per heavy atom. The molecule has 1 N–H and O–H groups in total. The van der Waals surface area contributed by atoms with Crippen LogP contribution in [0.5, 0.6) is 0 Å². The van der Waals surface area contributed by atoms with Crippen LogP contribution in [-0.4, -0.2) is 9.97 Å². The lowest BCUT2D eigenvalue weighted by molar-refractivity contribution is 1.35. The Morgan fingerprint density at radius 3 is 2.09 bits per heavy atom. The van der Waals surface area contributed by atoms with Gasteiger partial charge in [0.25, 0.3) is 0 Å². The molecule has 0 aliphatic carbocycles. The molecule has 2 nitrogen and oxygen atoms in total. The van der Waals surface area contributed by atoms with Crippen LogP contribution < -0.4 is 0 Å². The number of benzene rings is 2. The quantitative estimate of drug-likeness (QED) is 0.516. The molecule has 106 valence electrons. The molecule has 2 aromatic heterocycles. The van der Waals surface area contributed by atoms with Crippen LogP contribution in [0.4, 0.5) is 0 Å². The summed E-state index contributed by atoms with van der Waals surface area (Å²) in [5, 5.41) is 1.68. The minimum Gasteiger partial charge on any atom is -0.353 e. The van der Waals surface area contributed by atoms with Gasteiger partial charge in [0, 0.05) is 23.3 Å². The number of fused-ring (bicyclic) bond motifs is 1. The van der Waals surface area contributed by atoms with E-state index in [2.05, 4.69) is 34.2 Å². The Kier molecular flexibility index (Phi) is 3.17. The fourth-order valence-electron chi connectivity index (χ4n) is 2.80. The molecule has 0 atom stereocenters. The summed E-state index contributed by atoms with van der Waals surface area (Å²) in [6.45, 7) is 0. The standard InChI is InChI=1S/C19H13ClN2/c20-16-12-21-11-15-17(13-7-3-1-4-8-13)18(22-19(15)16)14-9-5-2-6-10-14/h1-12,22H. The fraction of sp³-hybridized carbons (Fsp3) is 0. The second-order valence-electron chi connectivity index (χ2n) is 5.15. The molecule has 2 aromatic carbocycles. The summed E-state index contributed by atoms with van der Waals surface area (Å²) in [6.07, 6.45) is 3.54. The normalized spacial score (nSPS) is 11.0. The first-order chi connectivity index (χ1) is 10.8. The van der Waals surface area contributed by atoms with Crippen LogP contribution in [0.25, 0.3) is 33.3 Å². The zero-order valence-electron chi connectivity index (χ0n) is 11.8. The van der Waals surface area contributed by atoms with Crippen molar-refractivity contribution in [3.8, 4) is 22.4 Å². The number of hydrogen-bond acceptors (Lipinski definition) is 1. The van der Waals surface area contributed by atoms with E-state index >= 15 is 0 Å². The molecule has 4 aromatic rings. The molecule has 0 saturated carbocycles. The molecule has 3 heteroatoms. The summed E-state index contributed by atoms with van der Waals surface area (Å²) in [5.41, 5.74) is 5.41. The fourth-order valence-corrected chi connectivity index (χ4v) is 3.01. The van der Waals surface area contributed by atoms with Crippen molar-refractivity contribution in [2.24, 2.45) is 0 Å². The Balaban J connectivity index is 2.10. The van der Waals surface area contributed by atoms with Crippen molar-refractivity contribution in [3.05, 3.63) is 78.1 Å². The third-order valence-electron chi connectivity index (χ3n) is 3.79. The Hall–Kier alpha value is -2.58. The van der Waals surface area contributed by atoms with Crippen LogP contribution in [0.15, 0.2) is 73.1 Å². The highest BCUT2D eigenvalue weighted by Gasteiger charge is 2.16. The number of nitrogens with one attached hydrogen (secondary N) is 1. The van der Waals surface area contributed by atoms with Gasteiger partial charge in [-0.05, 0) is 11.1 Å². The molecular formula is C19H13ClN2. The Bertz CT molecular complexity index is 928. The molecular weight excluding hydrogens is 292 g/mol. The lowest BCUT2D eigenvalue weighted by Crippen LogP contribution is -1.82. The number of nitrogens with zero attached hydrogens (tertiary/aromatic N) is 1. The largest absolute Gasteiger partial charge is 0.353 e. The highest BCUT2D eigenvalue weighted by molar-refractivity contribution is 6.35. The molecule has 0 saturated heterocycles. The van der Waals surface area contributed by atoms with E-state index in [4.69, 9.17) is 11.6 Å². The molecule has 0 aliphatic rings. The van der Waals surface area contributed by atoms with E-state index < -0.39 is 0 Å². The number of halogens is 1. The van der Waals surface area contributed by atoms with E-state index in [1.807, 2.05) is 42.6 Å². The smallest absolute Gasteiger partial charge is 0.0830 e. The Labute approximate surface area is 133 Å². The summed E-state index contributed by atoms with van der Waals surface area (Å²) in [6, 6.07) is 20.6. The van der Waals surface area contributed by atoms with E-state index in [0.29, 0.717) is 5.02 Å². The minimum atomic E-state index is 0.636. The van der Waals surface area contributed by atoms with E-state index in [0.717, 1.165) is 33.3 Å². The van der Waals surface area contributed by atoms with Crippen LogP contribution in [-0.2, 0) is 0 Å². The highest BCUT2D eigenvalue weighted by atomic mass is 35.5. The maximum atomic E-state index is 6.32. The van der Waals surface area contributed by atoms with Gasteiger partial charge < -0.3 is 4.98 Å². The molecule has 0 spiro atoms. The minimum absolute atomic E-state index is 0.636. The van der Waals surface area contributed by atoms with Gasteiger partial charge in [-0.1, -0.05) is 72.3 Å². The molecule has 0 fully saturated rings. The van der Waals surface area contributed by atoms with Crippen molar-refractivity contribution in [1.82, 2.24) is 9.97 Å². The van der Waals surface area contributed by atoms with Crippen molar-refractivity contribution >= 4 is 22.5 Å². The van der Waals surface area contributed by atoms with Crippen LogP contribution >= 0.6 is 11.6 Å². The predicted octanol–water partition coefficient (Wildman–Crippen LogP) is 5.55. The topological polar surface area (TPSA) is 28.7 Å². The number of hydrogen-bond donors (Lipinski definition) is 1. The van der Waals surface area contributed by atoms with Crippen molar-refractivity contribution in [1.29, 1.82) is 0 Å². The monoisotopic (exact) mass is 304 g/mol. The van der Waals surface area contributed by atoms with Gasteiger partial charge in [0.1, 0.15) is 0 Å². The first kappa shape index (κ1) is 13.1. The van der Waals surface area contributed by atoms with Crippen LogP contribution in [0.2, 0.25) is 5.02 Å². The van der Waals surface area contributed by atoms with Crippen LogP contribution in [0.3, 0.4) is 0 Å². The third-order valence-corrected chi connectivity index (χ3v) is 4.08. The van der Waals surface area contributed by atoms with Gasteiger partial charge in [-0.2, -0.15) is 0 Å². The number of pyridine rings is 1. The summed E-state index contributed by atoms with van der Waals surface area (Å²) in [7, 11) is 0. The van der Waals surface area contributed by atoms with Crippen LogP contribution in [0.1, 0.15) is 0 Å². The van der Waals surface area contributed by atoms with E-state index in [1.54, 1.807) is 6.20 Å². The summed E-state index contributed by atoms with van der Waals surface area (Å²) < 4.78 is 0. The highest BCUT2D eigenvalue weighted by Crippen LogP contribution is 2.39. The number of aromatic nitrogens is 2. The number of H-pyrrole nitrogens is 1. The maximum absolute atomic E-state index is 6.32. The number of aromatic amines is 1. The maximum Gasteiger partial charge on any atom is 0.0830 e. The van der Waals surface area contributed by atoms with E-state index in [9.17, 15) is 0 Å². The lowest BCUT2D eigenvalue weighted by Gasteiger charge is -2.05. The van der Waals surface area contributed by atoms with Gasteiger partial charge in [-0.15, -0.1) is 0 Å². The SMILES string of the molecule is Clc1cncc2c(-c3ccccc3)c(-c3ccccc3)[nH]c12. The van der Waals surface area contributed by atoms with Crippen LogP contribution in [0, 0.1) is 0 Å². The van der Waals surface area contributed by atoms with E-state index in [-0.39, 0.29) is 0 Å². The molecule has 0 radical (unpaired) electrons. The Morgan fingerprint density at radius 2 is 1.41 bits per heavy atom. The molecule has 4 rings (SSSR count).